The standard InChI is InChI=1S/C13H13Cl2N3OS/c1-8-7-20-12(18-8)6-17-13(19)16-5-9-2-3-10(14)4-11(9)15/h2-4,7H,5-6H2,1H3,(H2,16,17,19). The van der Waals surface area contributed by atoms with Crippen LogP contribution in [0.5, 0.6) is 0 Å². The van der Waals surface area contributed by atoms with Crippen molar-refractivity contribution in [2.45, 2.75) is 20.0 Å². The number of carbonyl (C=O) groups excluding carboxylic acids is 1. The predicted octanol–water partition coefficient (Wildman–Crippen LogP) is 3.76. The highest BCUT2D eigenvalue weighted by Gasteiger charge is 2.05. The largest absolute Gasteiger partial charge is 0.334 e. The first-order chi connectivity index (χ1) is 9.54. The number of nitrogens with zero attached hydrogens (tertiary/aromatic N) is 1. The van der Waals surface area contributed by atoms with E-state index in [0.717, 1.165) is 16.3 Å². The van der Waals surface area contributed by atoms with Crippen molar-refractivity contribution in [2.24, 2.45) is 0 Å². The Morgan fingerprint density at radius 3 is 2.70 bits per heavy atom. The molecule has 0 radical (unpaired) electrons. The van der Waals surface area contributed by atoms with Crippen LogP contribution in [0, 0.1) is 6.92 Å². The summed E-state index contributed by atoms with van der Waals surface area (Å²) in [5.74, 6) is 0. The Morgan fingerprint density at radius 1 is 1.30 bits per heavy atom. The Labute approximate surface area is 131 Å². The van der Waals surface area contributed by atoms with Gasteiger partial charge in [0.15, 0.2) is 0 Å². The van der Waals surface area contributed by atoms with Crippen molar-refractivity contribution in [3.63, 3.8) is 0 Å². The summed E-state index contributed by atoms with van der Waals surface area (Å²) >= 11 is 13.4. The number of amides is 2. The van der Waals surface area contributed by atoms with Crippen LogP contribution in [0.4, 0.5) is 4.79 Å². The molecule has 0 saturated carbocycles. The molecule has 0 fully saturated rings. The monoisotopic (exact) mass is 329 g/mol. The second kappa shape index (κ2) is 6.92. The number of hydrogen-bond donors (Lipinski definition) is 2. The van der Waals surface area contributed by atoms with Gasteiger partial charge in [0.1, 0.15) is 5.01 Å². The van der Waals surface area contributed by atoms with Crippen molar-refractivity contribution in [3.05, 3.63) is 49.9 Å². The Bertz CT molecular complexity index is 615. The van der Waals surface area contributed by atoms with Gasteiger partial charge in [-0.05, 0) is 24.6 Å². The first kappa shape index (κ1) is 15.1. The molecule has 2 N–H and O–H groups in total. The molecule has 7 heteroatoms. The summed E-state index contributed by atoms with van der Waals surface area (Å²) in [5, 5.41) is 9.41. The number of benzene rings is 1. The molecule has 1 aromatic carbocycles. The van der Waals surface area contributed by atoms with Gasteiger partial charge in [-0.25, -0.2) is 9.78 Å². The maximum absolute atomic E-state index is 11.7. The Hall–Kier alpha value is -1.30. The minimum atomic E-state index is -0.260. The Kier molecular flexibility index (Phi) is 5.23. The van der Waals surface area contributed by atoms with Crippen LogP contribution in [0.2, 0.25) is 10.0 Å². The molecule has 1 heterocycles. The van der Waals surface area contributed by atoms with Crippen LogP contribution in [0.25, 0.3) is 0 Å². The molecule has 4 nitrogen and oxygen atoms in total. The normalized spacial score (nSPS) is 10.3. The molecule has 0 saturated heterocycles. The molecule has 0 aliphatic heterocycles. The van der Waals surface area contributed by atoms with Crippen molar-refractivity contribution in [1.29, 1.82) is 0 Å². The molecule has 0 atom stereocenters. The summed E-state index contributed by atoms with van der Waals surface area (Å²) in [6.07, 6.45) is 0. The smallest absolute Gasteiger partial charge is 0.315 e. The number of carbonyl (C=O) groups is 1. The van der Waals surface area contributed by atoms with E-state index in [1.54, 1.807) is 18.2 Å². The van der Waals surface area contributed by atoms with Gasteiger partial charge in [0.25, 0.3) is 0 Å². The zero-order valence-corrected chi connectivity index (χ0v) is 13.1. The fourth-order valence-electron chi connectivity index (χ4n) is 1.54. The van der Waals surface area contributed by atoms with E-state index in [0.29, 0.717) is 23.1 Å². The van der Waals surface area contributed by atoms with E-state index in [9.17, 15) is 4.79 Å². The van der Waals surface area contributed by atoms with Crippen molar-refractivity contribution >= 4 is 40.6 Å². The summed E-state index contributed by atoms with van der Waals surface area (Å²) in [7, 11) is 0. The molecule has 20 heavy (non-hydrogen) atoms. The van der Waals surface area contributed by atoms with Gasteiger partial charge < -0.3 is 10.6 Å². The van der Waals surface area contributed by atoms with Crippen LogP contribution in [0.3, 0.4) is 0 Å². The SMILES string of the molecule is Cc1csc(CNC(=O)NCc2ccc(Cl)cc2Cl)n1. The molecule has 106 valence electrons. The summed E-state index contributed by atoms with van der Waals surface area (Å²) < 4.78 is 0. The van der Waals surface area contributed by atoms with E-state index < -0.39 is 0 Å². The number of aromatic nitrogens is 1. The van der Waals surface area contributed by atoms with Crippen molar-refractivity contribution in [2.75, 3.05) is 0 Å². The highest BCUT2D eigenvalue weighted by molar-refractivity contribution is 7.09. The molecule has 0 spiro atoms. The summed E-state index contributed by atoms with van der Waals surface area (Å²) in [4.78, 5) is 15.9. The van der Waals surface area contributed by atoms with Crippen molar-refractivity contribution in [1.82, 2.24) is 15.6 Å². The van der Waals surface area contributed by atoms with E-state index in [2.05, 4.69) is 15.6 Å². The molecule has 0 unspecified atom stereocenters. The van der Waals surface area contributed by atoms with Crippen LogP contribution in [0.1, 0.15) is 16.3 Å². The fourth-order valence-corrected chi connectivity index (χ4v) is 2.73. The number of rotatable bonds is 4. The number of aryl methyl sites for hydroxylation is 1. The number of urea groups is 1. The van der Waals surface area contributed by atoms with Crippen LogP contribution in [0.15, 0.2) is 23.6 Å². The predicted molar refractivity (Wildman–Crippen MR) is 82.4 cm³/mol. The van der Waals surface area contributed by atoms with Gasteiger partial charge in [0, 0.05) is 27.7 Å². The van der Waals surface area contributed by atoms with Crippen LogP contribution in [-0.2, 0) is 13.1 Å². The number of nitrogens with one attached hydrogen (secondary N) is 2. The molecule has 2 amide bonds. The van der Waals surface area contributed by atoms with E-state index in [4.69, 9.17) is 23.2 Å². The zero-order chi connectivity index (χ0) is 14.5. The average Bonchev–Trinajstić information content (AvgIpc) is 2.81. The third-order valence-electron chi connectivity index (χ3n) is 2.52. The van der Waals surface area contributed by atoms with Gasteiger partial charge in [0.05, 0.1) is 6.54 Å². The third-order valence-corrected chi connectivity index (χ3v) is 4.07. The second-order valence-electron chi connectivity index (χ2n) is 4.15. The minimum Gasteiger partial charge on any atom is -0.334 e. The molecular formula is C13H13Cl2N3OS. The van der Waals surface area contributed by atoms with Gasteiger partial charge in [0.2, 0.25) is 0 Å². The quantitative estimate of drug-likeness (QED) is 0.897. The van der Waals surface area contributed by atoms with E-state index in [1.807, 2.05) is 12.3 Å². The van der Waals surface area contributed by atoms with Gasteiger partial charge >= 0.3 is 6.03 Å². The van der Waals surface area contributed by atoms with Gasteiger partial charge in [-0.3, -0.25) is 0 Å². The Morgan fingerprint density at radius 2 is 2.05 bits per heavy atom. The molecule has 0 aliphatic carbocycles. The second-order valence-corrected chi connectivity index (χ2v) is 5.94. The highest BCUT2D eigenvalue weighted by atomic mass is 35.5. The Balaban J connectivity index is 1.80. The maximum Gasteiger partial charge on any atom is 0.315 e. The number of halogens is 2. The molecule has 2 aromatic rings. The average molecular weight is 330 g/mol. The molecule has 1 aromatic heterocycles. The first-order valence-electron chi connectivity index (χ1n) is 5.91. The first-order valence-corrected chi connectivity index (χ1v) is 7.55. The lowest BCUT2D eigenvalue weighted by atomic mass is 10.2. The van der Waals surface area contributed by atoms with Gasteiger partial charge in [-0.2, -0.15) is 0 Å². The van der Waals surface area contributed by atoms with Crippen molar-refractivity contribution in [3.8, 4) is 0 Å². The van der Waals surface area contributed by atoms with Crippen LogP contribution >= 0.6 is 34.5 Å². The molecule has 0 aliphatic rings. The summed E-state index contributed by atoms with van der Waals surface area (Å²) in [6.45, 7) is 2.68. The minimum absolute atomic E-state index is 0.260. The number of hydrogen-bond acceptors (Lipinski definition) is 3. The lowest BCUT2D eigenvalue weighted by Crippen LogP contribution is -2.34. The molecule has 2 rings (SSSR count). The number of thiazole rings is 1. The highest BCUT2D eigenvalue weighted by Crippen LogP contribution is 2.20. The summed E-state index contributed by atoms with van der Waals surface area (Å²) in [6, 6.07) is 4.91. The summed E-state index contributed by atoms with van der Waals surface area (Å²) in [5.41, 5.74) is 1.77. The topological polar surface area (TPSA) is 54.0 Å². The van der Waals surface area contributed by atoms with Gasteiger partial charge in [-0.1, -0.05) is 29.3 Å². The zero-order valence-electron chi connectivity index (χ0n) is 10.7. The van der Waals surface area contributed by atoms with Crippen molar-refractivity contribution < 1.29 is 4.79 Å². The maximum atomic E-state index is 11.7. The van der Waals surface area contributed by atoms with Crippen LogP contribution in [-0.4, -0.2) is 11.0 Å². The third kappa shape index (κ3) is 4.37. The van der Waals surface area contributed by atoms with Gasteiger partial charge in [-0.15, -0.1) is 11.3 Å². The molecular weight excluding hydrogens is 317 g/mol. The lowest BCUT2D eigenvalue weighted by Gasteiger charge is -2.08. The van der Waals surface area contributed by atoms with Crippen LogP contribution < -0.4 is 10.6 Å². The van der Waals surface area contributed by atoms with E-state index in [-0.39, 0.29) is 6.03 Å². The fraction of sp³-hybridized carbons (Fsp3) is 0.231. The van der Waals surface area contributed by atoms with E-state index in [1.165, 1.54) is 11.3 Å². The molecule has 0 bridgehead atoms. The lowest BCUT2D eigenvalue weighted by molar-refractivity contribution is 0.240. The van der Waals surface area contributed by atoms with E-state index >= 15 is 0 Å².